The Balaban J connectivity index is 1.71. The summed E-state index contributed by atoms with van der Waals surface area (Å²) in [7, 11) is 0. The molecule has 144 valence electrons. The van der Waals surface area contributed by atoms with Gasteiger partial charge in [-0.3, -0.25) is 19.4 Å². The predicted octanol–water partition coefficient (Wildman–Crippen LogP) is 3.86. The number of nitrogens with zero attached hydrogens (tertiary/aromatic N) is 1. The molecule has 2 heterocycles. The fraction of sp³-hybridized carbons (Fsp3) is 0.500. The van der Waals surface area contributed by atoms with Crippen molar-refractivity contribution in [2.45, 2.75) is 50.3 Å². The monoisotopic (exact) mass is 387 g/mol. The Bertz CT molecular complexity index is 866. The van der Waals surface area contributed by atoms with Gasteiger partial charge in [0.05, 0.1) is 29.2 Å². The fourth-order valence-electron chi connectivity index (χ4n) is 3.90. The van der Waals surface area contributed by atoms with Crippen molar-refractivity contribution in [3.05, 3.63) is 45.7 Å². The van der Waals surface area contributed by atoms with E-state index in [0.29, 0.717) is 23.7 Å². The summed E-state index contributed by atoms with van der Waals surface area (Å²) in [6.07, 6.45) is 5.35. The Morgan fingerprint density at radius 2 is 1.93 bits per heavy atom. The van der Waals surface area contributed by atoms with Crippen LogP contribution in [-0.2, 0) is 4.79 Å². The summed E-state index contributed by atoms with van der Waals surface area (Å²) < 4.78 is 7.56. The van der Waals surface area contributed by atoms with Gasteiger partial charge in [-0.05, 0) is 37.0 Å². The Hall–Kier alpha value is -2.15. The number of hydrogen-bond donors (Lipinski definition) is 2. The van der Waals surface area contributed by atoms with Gasteiger partial charge in [0.25, 0.3) is 5.56 Å². The van der Waals surface area contributed by atoms with Crippen LogP contribution in [0.2, 0.25) is 0 Å². The van der Waals surface area contributed by atoms with Gasteiger partial charge < -0.3 is 10.1 Å². The van der Waals surface area contributed by atoms with Crippen molar-refractivity contribution in [3.8, 4) is 5.75 Å². The molecule has 1 atom stereocenters. The lowest BCUT2D eigenvalue weighted by Gasteiger charge is -2.17. The molecule has 1 aliphatic carbocycles. The van der Waals surface area contributed by atoms with Gasteiger partial charge in [-0.25, -0.2) is 0 Å². The molecule has 0 radical (unpaired) electrons. The molecule has 1 saturated carbocycles. The molecule has 7 heteroatoms. The minimum atomic E-state index is -0.175. The molecule has 0 spiro atoms. The summed E-state index contributed by atoms with van der Waals surface area (Å²) in [6, 6.07) is 8.12. The molecule has 2 aliphatic rings. The van der Waals surface area contributed by atoms with Gasteiger partial charge in [0.15, 0.2) is 0 Å². The van der Waals surface area contributed by atoms with Crippen molar-refractivity contribution in [2.75, 3.05) is 17.7 Å². The number of anilines is 1. The molecule has 2 aromatic rings. The number of aromatic nitrogens is 2. The molecule has 0 bridgehead atoms. The molecule has 4 rings (SSSR count). The van der Waals surface area contributed by atoms with E-state index < -0.39 is 0 Å². The van der Waals surface area contributed by atoms with Crippen molar-refractivity contribution < 1.29 is 9.53 Å². The molecular weight excluding hydrogens is 362 g/mol. The highest BCUT2D eigenvalue weighted by molar-refractivity contribution is 8.00. The summed E-state index contributed by atoms with van der Waals surface area (Å²) >= 11 is 1.50. The molecule has 0 unspecified atom stereocenters. The molecule has 27 heavy (non-hydrogen) atoms. The van der Waals surface area contributed by atoms with Crippen LogP contribution >= 0.6 is 11.8 Å². The third-order valence-corrected chi connectivity index (χ3v) is 6.48. The van der Waals surface area contributed by atoms with Gasteiger partial charge in [0.2, 0.25) is 5.91 Å². The van der Waals surface area contributed by atoms with E-state index in [1.807, 2.05) is 28.9 Å². The molecule has 6 nitrogen and oxygen atoms in total. The third kappa shape index (κ3) is 3.65. The van der Waals surface area contributed by atoms with Gasteiger partial charge in [-0.15, -0.1) is 11.8 Å². The summed E-state index contributed by atoms with van der Waals surface area (Å²) in [4.78, 5) is 25.1. The van der Waals surface area contributed by atoms with E-state index >= 15 is 0 Å². The number of fused-ring (bicyclic) bond motifs is 1. The zero-order valence-electron chi connectivity index (χ0n) is 15.5. The number of aromatic amines is 1. The standard InChI is InChI=1S/C20H25N3O3S/c1-2-11-26-15-9-7-13(8-10-15)18-17-19(21-16(24)12-27-18)23(22-20(17)25)14-5-3-4-6-14/h7-10,14,18H,2-6,11-12H2,1H3,(H,21,24)(H,22,25)/t18-/m0/s1. The number of nitrogens with one attached hydrogen (secondary N) is 2. The summed E-state index contributed by atoms with van der Waals surface area (Å²) in [5.41, 5.74) is 1.55. The van der Waals surface area contributed by atoms with Gasteiger partial charge in [-0.1, -0.05) is 31.9 Å². The van der Waals surface area contributed by atoms with E-state index in [1.54, 1.807) is 0 Å². The number of benzene rings is 1. The average Bonchev–Trinajstić information content (AvgIpc) is 3.26. The maximum absolute atomic E-state index is 12.8. The van der Waals surface area contributed by atoms with Gasteiger partial charge in [-0.2, -0.15) is 0 Å². The van der Waals surface area contributed by atoms with Crippen molar-refractivity contribution in [1.82, 2.24) is 9.78 Å². The lowest BCUT2D eigenvalue weighted by molar-refractivity contribution is -0.113. The van der Waals surface area contributed by atoms with E-state index in [0.717, 1.165) is 43.4 Å². The first-order valence-electron chi connectivity index (χ1n) is 9.66. The van der Waals surface area contributed by atoms with Crippen LogP contribution in [0.15, 0.2) is 29.1 Å². The topological polar surface area (TPSA) is 76.1 Å². The number of thioether (sulfide) groups is 1. The first-order chi connectivity index (χ1) is 13.2. The van der Waals surface area contributed by atoms with Crippen molar-refractivity contribution in [3.63, 3.8) is 0 Å². The first-order valence-corrected chi connectivity index (χ1v) is 10.7. The van der Waals surface area contributed by atoms with Crippen LogP contribution in [-0.4, -0.2) is 28.0 Å². The van der Waals surface area contributed by atoms with E-state index in [9.17, 15) is 9.59 Å². The zero-order valence-corrected chi connectivity index (χ0v) is 16.3. The van der Waals surface area contributed by atoms with Crippen LogP contribution in [0.1, 0.15) is 61.4 Å². The smallest absolute Gasteiger partial charge is 0.270 e. The second-order valence-corrected chi connectivity index (χ2v) is 8.26. The molecule has 1 aliphatic heterocycles. The Morgan fingerprint density at radius 1 is 1.19 bits per heavy atom. The minimum Gasteiger partial charge on any atom is -0.494 e. The normalized spacial score (nSPS) is 20.2. The third-order valence-electron chi connectivity index (χ3n) is 5.21. The van der Waals surface area contributed by atoms with Crippen LogP contribution < -0.4 is 15.6 Å². The average molecular weight is 388 g/mol. The van der Waals surface area contributed by atoms with Crippen molar-refractivity contribution in [1.29, 1.82) is 0 Å². The van der Waals surface area contributed by atoms with Crippen LogP contribution in [0.4, 0.5) is 5.82 Å². The molecule has 1 aromatic carbocycles. The number of carbonyl (C=O) groups excluding carboxylic acids is 1. The summed E-state index contributed by atoms with van der Waals surface area (Å²) in [5.74, 6) is 1.75. The highest BCUT2D eigenvalue weighted by Crippen LogP contribution is 2.42. The summed E-state index contributed by atoms with van der Waals surface area (Å²) in [5, 5.41) is 5.79. The number of amides is 1. The van der Waals surface area contributed by atoms with Gasteiger partial charge in [0.1, 0.15) is 11.6 Å². The molecule has 1 fully saturated rings. The maximum atomic E-state index is 12.8. The highest BCUT2D eigenvalue weighted by atomic mass is 32.2. The number of ether oxygens (including phenoxy) is 1. The molecular formula is C20H25N3O3S. The van der Waals surface area contributed by atoms with E-state index in [4.69, 9.17) is 4.74 Å². The minimum absolute atomic E-state index is 0.0580. The number of carbonyl (C=O) groups is 1. The van der Waals surface area contributed by atoms with Crippen LogP contribution in [0, 0.1) is 0 Å². The van der Waals surface area contributed by atoms with Crippen molar-refractivity contribution >= 4 is 23.5 Å². The maximum Gasteiger partial charge on any atom is 0.270 e. The SMILES string of the molecule is CCCOc1ccc([C@@H]2SCC(=O)Nc3c2c(=O)[nH]n3C2CCCC2)cc1. The highest BCUT2D eigenvalue weighted by Gasteiger charge is 2.32. The van der Waals surface area contributed by atoms with Crippen LogP contribution in [0.3, 0.4) is 0 Å². The Labute approximate surface area is 162 Å². The number of rotatable bonds is 5. The van der Waals surface area contributed by atoms with E-state index in [2.05, 4.69) is 17.3 Å². The van der Waals surface area contributed by atoms with Gasteiger partial charge >= 0.3 is 0 Å². The van der Waals surface area contributed by atoms with E-state index in [-0.39, 0.29) is 22.8 Å². The molecule has 1 amide bonds. The molecule has 0 saturated heterocycles. The second kappa shape index (κ2) is 7.84. The van der Waals surface area contributed by atoms with Gasteiger partial charge in [0, 0.05) is 0 Å². The summed E-state index contributed by atoms with van der Waals surface area (Å²) in [6.45, 7) is 2.76. The lowest BCUT2D eigenvalue weighted by Crippen LogP contribution is -2.18. The van der Waals surface area contributed by atoms with Crippen LogP contribution in [0.5, 0.6) is 5.75 Å². The first kappa shape index (κ1) is 18.2. The quantitative estimate of drug-likeness (QED) is 0.817. The van der Waals surface area contributed by atoms with Crippen molar-refractivity contribution in [2.24, 2.45) is 0 Å². The Kier molecular flexibility index (Phi) is 5.29. The predicted molar refractivity (Wildman–Crippen MR) is 108 cm³/mol. The molecule has 1 aromatic heterocycles. The van der Waals surface area contributed by atoms with E-state index in [1.165, 1.54) is 11.8 Å². The second-order valence-electron chi connectivity index (χ2n) is 7.17. The fourth-order valence-corrected chi connectivity index (χ4v) is 5.03. The number of hydrogen-bond acceptors (Lipinski definition) is 4. The number of H-pyrrole nitrogens is 1. The van der Waals surface area contributed by atoms with Crippen LogP contribution in [0.25, 0.3) is 0 Å². The molecule has 2 N–H and O–H groups in total. The largest absolute Gasteiger partial charge is 0.494 e. The lowest BCUT2D eigenvalue weighted by atomic mass is 10.1. The zero-order chi connectivity index (χ0) is 18.8. The Morgan fingerprint density at radius 3 is 2.63 bits per heavy atom.